The van der Waals surface area contributed by atoms with Crippen LogP contribution in [-0.4, -0.2) is 36.3 Å². The molecule has 9 atom stereocenters. The zero-order valence-corrected chi connectivity index (χ0v) is 38.9. The molecule has 4 aliphatic carbocycles. The molecule has 294 valence electrons. The molecule has 4 aliphatic rings. The van der Waals surface area contributed by atoms with Crippen molar-refractivity contribution in [2.45, 2.75) is 138 Å². The Bertz CT molecular complexity index is 1590. The molecule has 5 rings (SSSR count). The molecule has 2 amide bonds. The van der Waals surface area contributed by atoms with E-state index in [1.54, 1.807) is 0 Å². The first-order chi connectivity index (χ1) is 24.9. The summed E-state index contributed by atoms with van der Waals surface area (Å²) >= 11 is 5.96. The minimum atomic E-state index is -1.23. The average molecular weight is 1070 g/mol. The monoisotopic (exact) mass is 1070 g/mol. The summed E-state index contributed by atoms with van der Waals surface area (Å²) < 4.78 is 18.3. The van der Waals surface area contributed by atoms with Gasteiger partial charge in [-0.3, -0.25) is 9.59 Å². The van der Waals surface area contributed by atoms with Crippen molar-refractivity contribution in [1.29, 1.82) is 0 Å². The fourth-order valence-corrected chi connectivity index (χ4v) is 14.8. The molecule has 12 heteroatoms. The van der Waals surface area contributed by atoms with Gasteiger partial charge in [0.25, 0.3) is 0 Å². The summed E-state index contributed by atoms with van der Waals surface area (Å²) in [5, 5.41) is 5.49. The lowest BCUT2D eigenvalue weighted by Gasteiger charge is -2.58. The maximum atomic E-state index is 13.5. The second-order valence-electron chi connectivity index (χ2n) is 17.0. The van der Waals surface area contributed by atoms with Crippen LogP contribution in [0, 0.1) is 57.0 Å². The molecule has 0 saturated heterocycles. The molecule has 53 heavy (non-hydrogen) atoms. The smallest absolute Gasteiger partial charge is 0.431 e. The Kier molecular flexibility index (Phi) is 14.2. The fourth-order valence-electron chi connectivity index (χ4n) is 10.7. The lowest BCUT2D eigenvalue weighted by molar-refractivity contribution is -0.115. The van der Waals surface area contributed by atoms with E-state index in [-0.39, 0.29) is 28.9 Å². The number of rotatable bonds is 11. The third-order valence-electron chi connectivity index (χ3n) is 13.2. The van der Waals surface area contributed by atoms with Crippen LogP contribution in [0.3, 0.4) is 0 Å². The maximum Gasteiger partial charge on any atom is 0.511 e. The Morgan fingerprint density at radius 1 is 0.830 bits per heavy atom. The Balaban J connectivity index is 1.19. The van der Waals surface area contributed by atoms with E-state index in [4.69, 9.17) is 14.2 Å². The van der Waals surface area contributed by atoms with E-state index in [1.807, 2.05) is 67.8 Å². The lowest BCUT2D eigenvalue weighted by Crippen LogP contribution is -2.51. The summed E-state index contributed by atoms with van der Waals surface area (Å²) in [5.41, 5.74) is 2.91. The number of benzene rings is 1. The Morgan fingerprint density at radius 3 is 2.08 bits per heavy atom. The molecular weight excluding hydrogens is 1010 g/mol. The molecule has 3 saturated carbocycles. The number of carbonyl (C=O) groups is 4. The molecule has 0 aliphatic heterocycles. The highest BCUT2D eigenvalue weighted by molar-refractivity contribution is 14.1. The van der Waals surface area contributed by atoms with E-state index in [1.165, 1.54) is 71.3 Å². The third kappa shape index (κ3) is 9.19. The normalized spacial score (nSPS) is 30.2. The Labute approximate surface area is 356 Å². The summed E-state index contributed by atoms with van der Waals surface area (Å²) in [6, 6.07) is 0. The summed E-state index contributed by atoms with van der Waals surface area (Å²) in [5.74, 6) is 3.19. The van der Waals surface area contributed by atoms with Gasteiger partial charge in [-0.05, 0) is 159 Å². The van der Waals surface area contributed by atoms with Gasteiger partial charge in [0, 0.05) is 27.2 Å². The first-order valence-electron chi connectivity index (χ1n) is 19.4. The Hall–Kier alpha value is -1.17. The number of fused-ring (bicyclic) bond motifs is 5. The summed E-state index contributed by atoms with van der Waals surface area (Å²) in [6.07, 6.45) is 13.1. The van der Waals surface area contributed by atoms with Gasteiger partial charge < -0.3 is 24.8 Å². The second-order valence-corrected chi connectivity index (χ2v) is 20.3. The summed E-state index contributed by atoms with van der Waals surface area (Å²) in [7, 11) is 0. The minimum Gasteiger partial charge on any atom is -0.431 e. The highest BCUT2D eigenvalue weighted by atomic mass is 127. The van der Waals surface area contributed by atoms with E-state index in [0.717, 1.165) is 48.9 Å². The molecule has 9 nitrogen and oxygen atoms in total. The number of halogens is 3. The number of esters is 1. The van der Waals surface area contributed by atoms with Crippen LogP contribution in [0.25, 0.3) is 0 Å². The number of anilines is 2. The van der Waals surface area contributed by atoms with Gasteiger partial charge in [0.15, 0.2) is 0 Å². The van der Waals surface area contributed by atoms with Crippen molar-refractivity contribution < 1.29 is 33.4 Å². The van der Waals surface area contributed by atoms with Gasteiger partial charge in [0.2, 0.25) is 18.1 Å². The zero-order valence-electron chi connectivity index (χ0n) is 32.5. The topological polar surface area (TPSA) is 120 Å². The number of carbonyl (C=O) groups excluding carboxylic acids is 4. The maximum absolute atomic E-state index is 13.5. The van der Waals surface area contributed by atoms with Crippen LogP contribution in [0.15, 0.2) is 11.6 Å². The van der Waals surface area contributed by atoms with E-state index in [9.17, 15) is 19.2 Å². The van der Waals surface area contributed by atoms with Crippen LogP contribution in [0.2, 0.25) is 0 Å². The van der Waals surface area contributed by atoms with Crippen molar-refractivity contribution >= 4 is 103 Å². The zero-order chi connectivity index (χ0) is 39.0. The number of allylic oxidation sites excluding steroid dienone is 1. The van der Waals surface area contributed by atoms with Crippen molar-refractivity contribution in [3.05, 3.63) is 27.9 Å². The molecular formula is C41H57I3N2O7. The highest BCUT2D eigenvalue weighted by Crippen LogP contribution is 2.67. The number of amides is 2. The van der Waals surface area contributed by atoms with Crippen molar-refractivity contribution in [3.8, 4) is 0 Å². The van der Waals surface area contributed by atoms with Gasteiger partial charge in [-0.25, -0.2) is 9.59 Å². The standard InChI is InChI=1S/C41H57I3N2O7/c1-21(2)10-9-11-22(3)29-14-15-30-28-13-12-26-20-27(16-18-40(26,7)31(28)17-19-41(29,30)8)53-39(50)52-25(6)51-38(49)32-33(42)36(45-23(4)47)35(44)37(34(32)43)46-24(5)48/h12,21-22,25,27-31H,9-11,13-20H2,1-8H3,(H,45,47)(H,46,48). The lowest BCUT2D eigenvalue weighted by atomic mass is 9.47. The van der Waals surface area contributed by atoms with E-state index in [0.29, 0.717) is 39.8 Å². The fraction of sp³-hybridized carbons (Fsp3) is 0.707. The second kappa shape index (κ2) is 17.5. The third-order valence-corrected chi connectivity index (χ3v) is 16.4. The number of hydrogen-bond donors (Lipinski definition) is 2. The summed E-state index contributed by atoms with van der Waals surface area (Å²) in [6.45, 7) is 16.5. The van der Waals surface area contributed by atoms with Gasteiger partial charge in [-0.1, -0.05) is 65.5 Å². The van der Waals surface area contributed by atoms with Gasteiger partial charge in [0.05, 0.1) is 27.6 Å². The minimum absolute atomic E-state index is 0.131. The van der Waals surface area contributed by atoms with Crippen LogP contribution in [0.5, 0.6) is 0 Å². The van der Waals surface area contributed by atoms with E-state index in [2.05, 4.69) is 51.3 Å². The van der Waals surface area contributed by atoms with Crippen LogP contribution < -0.4 is 10.6 Å². The van der Waals surface area contributed by atoms with Crippen LogP contribution in [0.4, 0.5) is 16.2 Å². The van der Waals surface area contributed by atoms with Gasteiger partial charge in [-0.15, -0.1) is 0 Å². The molecule has 3 fully saturated rings. The van der Waals surface area contributed by atoms with Gasteiger partial charge >= 0.3 is 12.1 Å². The van der Waals surface area contributed by atoms with E-state index >= 15 is 0 Å². The van der Waals surface area contributed by atoms with Crippen LogP contribution in [0.1, 0.15) is 136 Å². The number of nitrogens with one attached hydrogen (secondary N) is 2. The van der Waals surface area contributed by atoms with Gasteiger partial charge in [0.1, 0.15) is 6.10 Å². The van der Waals surface area contributed by atoms with Crippen LogP contribution >= 0.6 is 67.8 Å². The molecule has 0 radical (unpaired) electrons. The quantitative estimate of drug-likeness (QED) is 0.0980. The first-order valence-corrected chi connectivity index (χ1v) is 22.6. The molecule has 9 unspecified atom stereocenters. The van der Waals surface area contributed by atoms with Gasteiger partial charge in [-0.2, -0.15) is 0 Å². The predicted octanol–water partition coefficient (Wildman–Crippen LogP) is 11.5. The molecule has 0 heterocycles. The highest BCUT2D eigenvalue weighted by Gasteiger charge is 2.59. The molecule has 1 aromatic carbocycles. The Morgan fingerprint density at radius 2 is 1.47 bits per heavy atom. The van der Waals surface area contributed by atoms with Crippen LogP contribution in [-0.2, 0) is 23.8 Å². The number of ether oxygens (including phenoxy) is 3. The first kappa shape index (κ1) is 43.0. The van der Waals surface area contributed by atoms with E-state index < -0.39 is 18.4 Å². The predicted molar refractivity (Wildman–Crippen MR) is 232 cm³/mol. The molecule has 0 spiro atoms. The van der Waals surface area contributed by atoms with Crippen molar-refractivity contribution in [1.82, 2.24) is 0 Å². The molecule has 0 bridgehead atoms. The average Bonchev–Trinajstić information content (AvgIpc) is 3.42. The van der Waals surface area contributed by atoms with Crippen molar-refractivity contribution in [2.75, 3.05) is 10.6 Å². The molecule has 2 N–H and O–H groups in total. The molecule has 1 aromatic rings. The number of hydrogen-bond acceptors (Lipinski definition) is 7. The summed E-state index contributed by atoms with van der Waals surface area (Å²) in [4.78, 5) is 50.4. The largest absolute Gasteiger partial charge is 0.511 e. The van der Waals surface area contributed by atoms with Crippen molar-refractivity contribution in [2.24, 2.45) is 46.3 Å². The van der Waals surface area contributed by atoms with Crippen molar-refractivity contribution in [3.63, 3.8) is 0 Å². The molecule has 0 aromatic heterocycles. The SMILES string of the molecule is CC(=O)Nc1c(I)c(NC(C)=O)c(I)c(C(=O)OC(C)OC(=O)OC2CCC3(C)C(=CCC4C3CCC3(C)C(C(C)CCCC(C)C)CCC43)C2)c1I.